The number of ether oxygens (including phenoxy) is 1. The Morgan fingerprint density at radius 2 is 2.33 bits per heavy atom. The molecule has 1 unspecified atom stereocenters. The van der Waals surface area contributed by atoms with Crippen LogP contribution in [0.25, 0.3) is 0 Å². The molecule has 2 heterocycles. The maximum atomic E-state index is 6.08. The van der Waals surface area contributed by atoms with Crippen LogP contribution >= 0.6 is 15.9 Å². The molecule has 2 aromatic rings. The first-order chi connectivity index (χ1) is 10.2. The maximum absolute atomic E-state index is 6.08. The van der Waals surface area contributed by atoms with Crippen LogP contribution in [0.15, 0.2) is 22.8 Å². The molecule has 6 heteroatoms. The molecular weight excluding hydrogens is 332 g/mol. The summed E-state index contributed by atoms with van der Waals surface area (Å²) in [6.07, 6.45) is 4.86. The van der Waals surface area contributed by atoms with E-state index < -0.39 is 0 Å². The van der Waals surface area contributed by atoms with Crippen LogP contribution in [0.5, 0.6) is 5.75 Å². The van der Waals surface area contributed by atoms with Gasteiger partial charge in [-0.25, -0.2) is 4.68 Å². The summed E-state index contributed by atoms with van der Waals surface area (Å²) < 4.78 is 8.64. The third kappa shape index (κ3) is 3.11. The molecule has 3 rings (SSSR count). The van der Waals surface area contributed by atoms with E-state index in [0.29, 0.717) is 6.54 Å². The van der Waals surface area contributed by atoms with Crippen molar-refractivity contribution < 1.29 is 4.74 Å². The van der Waals surface area contributed by atoms with Gasteiger partial charge in [0, 0.05) is 16.5 Å². The van der Waals surface area contributed by atoms with Crippen molar-refractivity contribution in [2.75, 3.05) is 6.61 Å². The fourth-order valence-electron chi connectivity index (χ4n) is 2.66. The van der Waals surface area contributed by atoms with Crippen LogP contribution < -0.4 is 10.5 Å². The first-order valence-electron chi connectivity index (χ1n) is 7.27. The van der Waals surface area contributed by atoms with Crippen LogP contribution in [0.1, 0.15) is 42.6 Å². The second-order valence-corrected chi connectivity index (χ2v) is 6.30. The van der Waals surface area contributed by atoms with Crippen LogP contribution in [-0.4, -0.2) is 21.6 Å². The normalized spacial score (nSPS) is 14.8. The molecule has 1 aliphatic rings. The van der Waals surface area contributed by atoms with E-state index in [4.69, 9.17) is 10.5 Å². The molecule has 0 spiro atoms. The maximum Gasteiger partial charge on any atom is 0.127 e. The molecule has 112 valence electrons. The van der Waals surface area contributed by atoms with E-state index in [9.17, 15) is 0 Å². The highest BCUT2D eigenvalue weighted by Crippen LogP contribution is 2.33. The number of fused-ring (bicyclic) bond motifs is 1. The summed E-state index contributed by atoms with van der Waals surface area (Å²) in [7, 11) is 0. The molecule has 1 aliphatic heterocycles. The van der Waals surface area contributed by atoms with Gasteiger partial charge in [-0.1, -0.05) is 34.5 Å². The molecule has 5 nitrogen and oxygen atoms in total. The van der Waals surface area contributed by atoms with Gasteiger partial charge in [0.05, 0.1) is 31.1 Å². The molecule has 0 aliphatic carbocycles. The summed E-state index contributed by atoms with van der Waals surface area (Å²) >= 11 is 3.56. The molecule has 0 radical (unpaired) electrons. The highest BCUT2D eigenvalue weighted by atomic mass is 79.9. The largest absolute Gasteiger partial charge is 0.493 e. The summed E-state index contributed by atoms with van der Waals surface area (Å²) in [6, 6.07) is 4.17. The van der Waals surface area contributed by atoms with Gasteiger partial charge in [0.25, 0.3) is 0 Å². The lowest BCUT2D eigenvalue weighted by Crippen LogP contribution is -2.10. The zero-order valence-electron chi connectivity index (χ0n) is 12.1. The van der Waals surface area contributed by atoms with Crippen molar-refractivity contribution in [3.05, 3.63) is 39.6 Å². The van der Waals surface area contributed by atoms with Gasteiger partial charge in [-0.15, -0.1) is 5.10 Å². The minimum atomic E-state index is -0.0341. The van der Waals surface area contributed by atoms with Crippen molar-refractivity contribution in [2.45, 2.75) is 38.8 Å². The highest BCUT2D eigenvalue weighted by molar-refractivity contribution is 9.10. The summed E-state index contributed by atoms with van der Waals surface area (Å²) in [5.74, 6) is 0.994. The molecule has 1 aromatic carbocycles. The quantitative estimate of drug-likeness (QED) is 0.900. The van der Waals surface area contributed by atoms with Crippen molar-refractivity contribution in [3.8, 4) is 5.75 Å². The lowest BCUT2D eigenvalue weighted by atomic mass is 10.1. The number of benzene rings is 1. The molecule has 0 bridgehead atoms. The van der Waals surface area contributed by atoms with E-state index >= 15 is 0 Å². The molecule has 0 fully saturated rings. The second-order valence-electron chi connectivity index (χ2n) is 5.39. The average Bonchev–Trinajstić information content (AvgIpc) is 3.07. The summed E-state index contributed by atoms with van der Waals surface area (Å²) in [5, 5.41) is 8.37. The smallest absolute Gasteiger partial charge is 0.127 e. The fourth-order valence-corrected chi connectivity index (χ4v) is 3.21. The zero-order valence-corrected chi connectivity index (χ0v) is 13.6. The van der Waals surface area contributed by atoms with Gasteiger partial charge in [0.15, 0.2) is 0 Å². The van der Waals surface area contributed by atoms with Crippen LogP contribution in [-0.2, 0) is 13.0 Å². The summed E-state index contributed by atoms with van der Waals surface area (Å²) in [5.41, 5.74) is 9.30. The molecule has 0 saturated heterocycles. The van der Waals surface area contributed by atoms with Crippen molar-refractivity contribution in [1.82, 2.24) is 15.0 Å². The van der Waals surface area contributed by atoms with E-state index in [2.05, 4.69) is 45.3 Å². The zero-order chi connectivity index (χ0) is 14.8. The first-order valence-corrected chi connectivity index (χ1v) is 8.06. The Bertz CT molecular complexity index is 641. The lowest BCUT2D eigenvalue weighted by Gasteiger charge is -2.09. The Hall–Kier alpha value is -1.40. The standard InChI is InChI=1S/C15H19BrN4O/c1-2-3-13(17)14-9-20(19-18-14)8-11-7-12(16)6-10-4-5-21-15(10)11/h6-7,9,13H,2-5,8,17H2,1H3. The van der Waals surface area contributed by atoms with E-state index in [-0.39, 0.29) is 6.04 Å². The van der Waals surface area contributed by atoms with Gasteiger partial charge < -0.3 is 10.5 Å². The molecule has 2 N–H and O–H groups in total. The van der Waals surface area contributed by atoms with Crippen molar-refractivity contribution in [2.24, 2.45) is 5.73 Å². The lowest BCUT2D eigenvalue weighted by molar-refractivity contribution is 0.352. The molecular formula is C15H19BrN4O. The third-order valence-corrected chi connectivity index (χ3v) is 4.15. The van der Waals surface area contributed by atoms with Crippen LogP contribution in [0.3, 0.4) is 0 Å². The van der Waals surface area contributed by atoms with E-state index in [1.165, 1.54) is 5.56 Å². The van der Waals surface area contributed by atoms with Crippen LogP contribution in [0.2, 0.25) is 0 Å². The Morgan fingerprint density at radius 1 is 1.48 bits per heavy atom. The summed E-state index contributed by atoms with van der Waals surface area (Å²) in [6.45, 7) is 3.52. The van der Waals surface area contributed by atoms with Gasteiger partial charge in [0.2, 0.25) is 0 Å². The minimum absolute atomic E-state index is 0.0341. The Balaban J connectivity index is 1.81. The number of nitrogens with zero attached hydrogens (tertiary/aromatic N) is 3. The van der Waals surface area contributed by atoms with Gasteiger partial charge in [-0.2, -0.15) is 0 Å². The molecule has 21 heavy (non-hydrogen) atoms. The highest BCUT2D eigenvalue weighted by Gasteiger charge is 2.18. The van der Waals surface area contributed by atoms with Crippen molar-refractivity contribution >= 4 is 15.9 Å². The van der Waals surface area contributed by atoms with Crippen molar-refractivity contribution in [3.63, 3.8) is 0 Å². The van der Waals surface area contributed by atoms with E-state index in [0.717, 1.165) is 47.3 Å². The molecule has 0 saturated carbocycles. The fraction of sp³-hybridized carbons (Fsp3) is 0.467. The molecule has 1 aromatic heterocycles. The number of hydrogen-bond donors (Lipinski definition) is 1. The Kier molecular flexibility index (Phi) is 4.26. The monoisotopic (exact) mass is 350 g/mol. The molecule has 0 amide bonds. The third-order valence-electron chi connectivity index (χ3n) is 3.69. The Labute approximate surface area is 132 Å². The van der Waals surface area contributed by atoms with Crippen molar-refractivity contribution in [1.29, 1.82) is 0 Å². The molecule has 1 atom stereocenters. The number of rotatable bonds is 5. The Morgan fingerprint density at radius 3 is 3.14 bits per heavy atom. The number of nitrogens with two attached hydrogens (primary N) is 1. The topological polar surface area (TPSA) is 66.0 Å². The van der Waals surface area contributed by atoms with E-state index in [1.807, 2.05) is 10.9 Å². The van der Waals surface area contributed by atoms with Gasteiger partial charge in [-0.05, 0) is 24.1 Å². The van der Waals surface area contributed by atoms with Crippen LogP contribution in [0, 0.1) is 0 Å². The number of aromatic nitrogens is 3. The predicted molar refractivity (Wildman–Crippen MR) is 84.3 cm³/mol. The second kappa shape index (κ2) is 6.15. The average molecular weight is 351 g/mol. The van der Waals surface area contributed by atoms with E-state index in [1.54, 1.807) is 0 Å². The van der Waals surface area contributed by atoms with Gasteiger partial charge in [-0.3, -0.25) is 0 Å². The van der Waals surface area contributed by atoms with Gasteiger partial charge in [0.1, 0.15) is 5.75 Å². The van der Waals surface area contributed by atoms with Crippen LogP contribution in [0.4, 0.5) is 0 Å². The summed E-state index contributed by atoms with van der Waals surface area (Å²) in [4.78, 5) is 0. The number of hydrogen-bond acceptors (Lipinski definition) is 4. The number of halogens is 1. The first kappa shape index (κ1) is 14.5. The van der Waals surface area contributed by atoms with Gasteiger partial charge >= 0.3 is 0 Å². The predicted octanol–water partition coefficient (Wildman–Crippen LogP) is 2.82. The minimum Gasteiger partial charge on any atom is -0.493 e. The SMILES string of the molecule is CCCC(N)c1cn(Cc2cc(Br)cc3c2OCC3)nn1.